The van der Waals surface area contributed by atoms with Crippen molar-refractivity contribution in [1.29, 1.82) is 0 Å². The summed E-state index contributed by atoms with van der Waals surface area (Å²) in [5.41, 5.74) is 2.11. The summed E-state index contributed by atoms with van der Waals surface area (Å²) < 4.78 is 16.0. The van der Waals surface area contributed by atoms with Crippen molar-refractivity contribution in [2.75, 3.05) is 39.6 Å². The quantitative estimate of drug-likeness (QED) is 0.598. The van der Waals surface area contributed by atoms with Gasteiger partial charge in [-0.25, -0.2) is 0 Å². The lowest BCUT2D eigenvalue weighted by atomic mass is 10.1. The molecule has 1 rings (SSSR count). The highest BCUT2D eigenvalue weighted by molar-refractivity contribution is 5.63. The van der Waals surface area contributed by atoms with Gasteiger partial charge in [0.1, 0.15) is 0 Å². The molecule has 0 heterocycles. The van der Waals surface area contributed by atoms with Crippen LogP contribution in [0.4, 0.5) is 0 Å². The Balaban J connectivity index is 2.00. The molecule has 0 atom stereocenters. The van der Waals surface area contributed by atoms with Crippen molar-refractivity contribution in [1.82, 2.24) is 0 Å². The average molecular weight is 250 g/mol. The van der Waals surface area contributed by atoms with E-state index >= 15 is 0 Å². The van der Waals surface area contributed by atoms with Crippen LogP contribution in [0.15, 0.2) is 36.9 Å². The lowest BCUT2D eigenvalue weighted by Crippen LogP contribution is -2.10. The molecule has 18 heavy (non-hydrogen) atoms. The first kappa shape index (κ1) is 14.9. The van der Waals surface area contributed by atoms with Crippen LogP contribution in [0.25, 0.3) is 5.57 Å². The van der Waals surface area contributed by atoms with E-state index in [1.54, 1.807) is 0 Å². The maximum Gasteiger partial charge on any atom is 0.0718 e. The fraction of sp³-hybridized carbons (Fsp3) is 0.467. The van der Waals surface area contributed by atoms with Crippen molar-refractivity contribution in [2.45, 2.75) is 6.92 Å². The van der Waals surface area contributed by atoms with Crippen molar-refractivity contribution in [3.8, 4) is 0 Å². The van der Waals surface area contributed by atoms with E-state index in [0.29, 0.717) is 33.0 Å². The highest BCUT2D eigenvalue weighted by Crippen LogP contribution is 2.11. The normalized spacial score (nSPS) is 10.5. The molecule has 0 saturated carbocycles. The minimum absolute atomic E-state index is 0.541. The molecule has 0 aliphatic carbocycles. The molecule has 0 saturated heterocycles. The maximum absolute atomic E-state index is 5.49. The molecule has 3 nitrogen and oxygen atoms in total. The van der Waals surface area contributed by atoms with Gasteiger partial charge in [-0.05, 0) is 18.1 Å². The number of benzene rings is 1. The van der Waals surface area contributed by atoms with Crippen LogP contribution in [-0.4, -0.2) is 39.6 Å². The Bertz CT molecular complexity index is 322. The second-order valence-corrected chi connectivity index (χ2v) is 3.83. The summed E-state index contributed by atoms with van der Waals surface area (Å²) in [6, 6.07) is 10.0. The Morgan fingerprint density at radius 3 is 2.22 bits per heavy atom. The first-order valence-corrected chi connectivity index (χ1v) is 6.31. The fourth-order valence-electron chi connectivity index (χ4n) is 1.43. The lowest BCUT2D eigenvalue weighted by molar-refractivity contribution is 0.0231. The smallest absolute Gasteiger partial charge is 0.0718 e. The third-order valence-electron chi connectivity index (χ3n) is 2.41. The number of hydrogen-bond donors (Lipinski definition) is 0. The van der Waals surface area contributed by atoms with E-state index in [4.69, 9.17) is 14.2 Å². The monoisotopic (exact) mass is 250 g/mol. The standard InChI is InChI=1S/C15H22O3/c1-3-16-9-10-17-11-12-18-13-14(2)15-7-5-4-6-8-15/h4-8H,2-3,9-13H2,1H3. The van der Waals surface area contributed by atoms with Crippen LogP contribution >= 0.6 is 0 Å². The van der Waals surface area contributed by atoms with E-state index in [1.165, 1.54) is 0 Å². The van der Waals surface area contributed by atoms with Gasteiger partial charge in [0.05, 0.1) is 33.0 Å². The predicted molar refractivity (Wildman–Crippen MR) is 73.6 cm³/mol. The minimum Gasteiger partial charge on any atom is -0.379 e. The van der Waals surface area contributed by atoms with Crippen molar-refractivity contribution in [3.63, 3.8) is 0 Å². The van der Waals surface area contributed by atoms with Crippen LogP contribution in [0.1, 0.15) is 12.5 Å². The summed E-state index contributed by atoms with van der Waals surface area (Å²) in [4.78, 5) is 0. The van der Waals surface area contributed by atoms with Gasteiger partial charge in [0, 0.05) is 6.61 Å². The molecule has 1 aromatic rings. The second-order valence-electron chi connectivity index (χ2n) is 3.83. The number of hydrogen-bond acceptors (Lipinski definition) is 3. The van der Waals surface area contributed by atoms with Gasteiger partial charge < -0.3 is 14.2 Å². The second kappa shape index (κ2) is 9.83. The molecular weight excluding hydrogens is 228 g/mol. The van der Waals surface area contributed by atoms with E-state index in [-0.39, 0.29) is 0 Å². The van der Waals surface area contributed by atoms with Gasteiger partial charge >= 0.3 is 0 Å². The van der Waals surface area contributed by atoms with Crippen molar-refractivity contribution >= 4 is 5.57 Å². The van der Waals surface area contributed by atoms with Gasteiger partial charge in [-0.1, -0.05) is 36.9 Å². The average Bonchev–Trinajstić information content (AvgIpc) is 2.42. The summed E-state index contributed by atoms with van der Waals surface area (Å²) >= 11 is 0. The Kier molecular flexibility index (Phi) is 8.13. The van der Waals surface area contributed by atoms with Gasteiger partial charge in [0.15, 0.2) is 0 Å². The van der Waals surface area contributed by atoms with E-state index in [0.717, 1.165) is 17.7 Å². The van der Waals surface area contributed by atoms with E-state index < -0.39 is 0 Å². The zero-order valence-corrected chi connectivity index (χ0v) is 11.1. The van der Waals surface area contributed by atoms with Gasteiger partial charge in [-0.3, -0.25) is 0 Å². The van der Waals surface area contributed by atoms with Gasteiger partial charge in [0.25, 0.3) is 0 Å². The molecule has 0 unspecified atom stereocenters. The summed E-state index contributed by atoms with van der Waals surface area (Å²) in [6.07, 6.45) is 0. The largest absolute Gasteiger partial charge is 0.379 e. The van der Waals surface area contributed by atoms with Crippen LogP contribution in [0.5, 0.6) is 0 Å². The molecule has 0 spiro atoms. The van der Waals surface area contributed by atoms with Crippen molar-refractivity contribution in [2.24, 2.45) is 0 Å². The maximum atomic E-state index is 5.49. The van der Waals surface area contributed by atoms with Crippen LogP contribution in [0.2, 0.25) is 0 Å². The molecule has 0 aliphatic heterocycles. The Labute approximate surface area is 109 Å². The minimum atomic E-state index is 0.541. The number of ether oxygens (including phenoxy) is 3. The third-order valence-corrected chi connectivity index (χ3v) is 2.41. The van der Waals surface area contributed by atoms with Crippen LogP contribution in [-0.2, 0) is 14.2 Å². The molecular formula is C15H22O3. The molecule has 0 radical (unpaired) electrons. The molecule has 1 aromatic carbocycles. The SMILES string of the molecule is C=C(COCCOCCOCC)c1ccccc1. The summed E-state index contributed by atoms with van der Waals surface area (Å²) in [7, 11) is 0. The molecule has 0 aliphatic rings. The van der Waals surface area contributed by atoms with Gasteiger partial charge in [0.2, 0.25) is 0 Å². The van der Waals surface area contributed by atoms with Gasteiger partial charge in [-0.15, -0.1) is 0 Å². The van der Waals surface area contributed by atoms with E-state index in [1.807, 2.05) is 37.3 Å². The molecule has 3 heteroatoms. The van der Waals surface area contributed by atoms with Crippen molar-refractivity contribution in [3.05, 3.63) is 42.5 Å². The predicted octanol–water partition coefficient (Wildman–Crippen LogP) is 2.77. The molecule has 0 bridgehead atoms. The summed E-state index contributed by atoms with van der Waals surface area (Å²) in [6.45, 7) is 9.68. The third kappa shape index (κ3) is 6.55. The fourth-order valence-corrected chi connectivity index (χ4v) is 1.43. The van der Waals surface area contributed by atoms with Crippen LogP contribution < -0.4 is 0 Å². The van der Waals surface area contributed by atoms with Crippen LogP contribution in [0.3, 0.4) is 0 Å². The van der Waals surface area contributed by atoms with Crippen molar-refractivity contribution < 1.29 is 14.2 Å². The first-order valence-electron chi connectivity index (χ1n) is 6.31. The Morgan fingerprint density at radius 2 is 1.56 bits per heavy atom. The number of rotatable bonds is 10. The Morgan fingerprint density at radius 1 is 0.944 bits per heavy atom. The van der Waals surface area contributed by atoms with E-state index in [9.17, 15) is 0 Å². The topological polar surface area (TPSA) is 27.7 Å². The zero-order valence-electron chi connectivity index (χ0n) is 11.1. The highest BCUT2D eigenvalue weighted by atomic mass is 16.5. The van der Waals surface area contributed by atoms with Crippen LogP contribution in [0, 0.1) is 0 Å². The Hall–Kier alpha value is -1.16. The van der Waals surface area contributed by atoms with Gasteiger partial charge in [-0.2, -0.15) is 0 Å². The molecule has 0 fully saturated rings. The molecule has 0 aromatic heterocycles. The summed E-state index contributed by atoms with van der Waals surface area (Å²) in [5, 5.41) is 0. The first-order chi connectivity index (χ1) is 8.84. The zero-order chi connectivity index (χ0) is 13.1. The molecule has 0 N–H and O–H groups in total. The molecule has 100 valence electrons. The summed E-state index contributed by atoms with van der Waals surface area (Å²) in [5.74, 6) is 0. The van der Waals surface area contributed by atoms with E-state index in [2.05, 4.69) is 6.58 Å². The lowest BCUT2D eigenvalue weighted by Gasteiger charge is -2.08. The molecule has 0 amide bonds. The highest BCUT2D eigenvalue weighted by Gasteiger charge is 1.98.